The summed E-state index contributed by atoms with van der Waals surface area (Å²) >= 11 is 9.10. The van der Waals surface area contributed by atoms with E-state index in [1.54, 1.807) is 30.3 Å². The molecule has 0 saturated carbocycles. The number of carbonyl (C=O) groups excluding carboxylic acids is 1. The fourth-order valence-electron chi connectivity index (χ4n) is 1.91. The van der Waals surface area contributed by atoms with Crippen molar-refractivity contribution in [2.45, 2.75) is 13.0 Å². The molecule has 0 fully saturated rings. The summed E-state index contributed by atoms with van der Waals surface area (Å²) in [7, 11) is 0. The average Bonchev–Trinajstić information content (AvgIpc) is 2.53. The van der Waals surface area contributed by atoms with Gasteiger partial charge in [0.15, 0.2) is 0 Å². The highest BCUT2D eigenvalue weighted by Crippen LogP contribution is 2.17. The first-order chi connectivity index (χ1) is 11.0. The Morgan fingerprint density at radius 2 is 2.04 bits per heavy atom. The molecule has 116 valence electrons. The predicted octanol–water partition coefficient (Wildman–Crippen LogP) is 4.28. The summed E-state index contributed by atoms with van der Waals surface area (Å²) in [4.78, 5) is 16.4. The number of nitrogens with zero attached hydrogens (tertiary/aromatic N) is 2. The Morgan fingerprint density at radius 1 is 1.35 bits per heavy atom. The highest BCUT2D eigenvalue weighted by molar-refractivity contribution is 9.10. The van der Waals surface area contributed by atoms with Crippen molar-refractivity contribution in [2.24, 2.45) is 0 Å². The van der Waals surface area contributed by atoms with E-state index >= 15 is 0 Å². The van der Waals surface area contributed by atoms with Gasteiger partial charge in [-0.05, 0) is 58.8 Å². The van der Waals surface area contributed by atoms with Crippen LogP contribution in [0.5, 0.6) is 0 Å². The first-order valence-electron chi connectivity index (χ1n) is 6.80. The summed E-state index contributed by atoms with van der Waals surface area (Å²) in [5.41, 5.74) is 1.43. The summed E-state index contributed by atoms with van der Waals surface area (Å²) in [5, 5.41) is 12.6. The molecule has 0 aliphatic heterocycles. The zero-order valence-electron chi connectivity index (χ0n) is 12.3. The molecule has 1 atom stereocenters. The molecule has 4 nitrogen and oxygen atoms in total. The van der Waals surface area contributed by atoms with Crippen LogP contribution >= 0.6 is 27.5 Å². The molecule has 1 amide bonds. The zero-order chi connectivity index (χ0) is 16.8. The fraction of sp³-hybridized carbons (Fsp3) is 0.118. The van der Waals surface area contributed by atoms with Gasteiger partial charge in [-0.1, -0.05) is 29.8 Å². The number of hydrogen-bond donors (Lipinski definition) is 1. The van der Waals surface area contributed by atoms with Crippen LogP contribution in [-0.4, -0.2) is 10.9 Å². The lowest BCUT2D eigenvalue weighted by molar-refractivity contribution is -0.117. The minimum Gasteiger partial charge on any atom is -0.345 e. The first kappa shape index (κ1) is 17.2. The molecule has 1 heterocycles. The SMILES string of the molecule is C[C@H](NC(=O)/C(C#N)=C/c1cccc(Br)n1)c1ccc(Cl)cc1. The van der Waals surface area contributed by atoms with Crippen LogP contribution in [0.3, 0.4) is 0 Å². The monoisotopic (exact) mass is 389 g/mol. The second-order valence-electron chi connectivity index (χ2n) is 4.80. The highest BCUT2D eigenvalue weighted by atomic mass is 79.9. The van der Waals surface area contributed by atoms with Gasteiger partial charge in [0.2, 0.25) is 0 Å². The van der Waals surface area contributed by atoms with Gasteiger partial charge in [-0.3, -0.25) is 4.79 Å². The second-order valence-corrected chi connectivity index (χ2v) is 6.05. The number of hydrogen-bond acceptors (Lipinski definition) is 3. The molecule has 0 unspecified atom stereocenters. The maximum atomic E-state index is 12.2. The van der Waals surface area contributed by atoms with Gasteiger partial charge in [0.05, 0.1) is 11.7 Å². The molecule has 0 saturated heterocycles. The van der Waals surface area contributed by atoms with Crippen LogP contribution in [0.25, 0.3) is 6.08 Å². The molecule has 1 aromatic heterocycles. The molecule has 0 radical (unpaired) electrons. The Balaban J connectivity index is 2.14. The van der Waals surface area contributed by atoms with Gasteiger partial charge in [0, 0.05) is 5.02 Å². The summed E-state index contributed by atoms with van der Waals surface area (Å²) in [5.74, 6) is -0.447. The average molecular weight is 391 g/mol. The van der Waals surface area contributed by atoms with Gasteiger partial charge in [-0.15, -0.1) is 0 Å². The molecule has 0 bridgehead atoms. The van der Waals surface area contributed by atoms with E-state index in [1.165, 1.54) is 6.08 Å². The maximum Gasteiger partial charge on any atom is 0.262 e. The van der Waals surface area contributed by atoms with Crippen molar-refractivity contribution >= 4 is 39.5 Å². The molecule has 0 aliphatic rings. The fourth-order valence-corrected chi connectivity index (χ4v) is 2.39. The van der Waals surface area contributed by atoms with Gasteiger partial charge in [0.1, 0.15) is 16.2 Å². The van der Waals surface area contributed by atoms with Crippen molar-refractivity contribution in [3.63, 3.8) is 0 Å². The quantitative estimate of drug-likeness (QED) is 0.481. The third-order valence-corrected chi connectivity index (χ3v) is 3.81. The lowest BCUT2D eigenvalue weighted by atomic mass is 10.1. The van der Waals surface area contributed by atoms with Crippen LogP contribution in [-0.2, 0) is 4.79 Å². The number of rotatable bonds is 4. The number of pyridine rings is 1. The van der Waals surface area contributed by atoms with Crippen molar-refractivity contribution < 1.29 is 4.79 Å². The van der Waals surface area contributed by atoms with Gasteiger partial charge >= 0.3 is 0 Å². The van der Waals surface area contributed by atoms with Gasteiger partial charge in [-0.25, -0.2) is 4.98 Å². The topological polar surface area (TPSA) is 65.8 Å². The van der Waals surface area contributed by atoms with Crippen molar-refractivity contribution in [2.75, 3.05) is 0 Å². The highest BCUT2D eigenvalue weighted by Gasteiger charge is 2.14. The maximum absolute atomic E-state index is 12.2. The molecular weight excluding hydrogens is 378 g/mol. The Morgan fingerprint density at radius 3 is 2.65 bits per heavy atom. The molecular formula is C17H13BrClN3O. The van der Waals surface area contributed by atoms with Crippen LogP contribution in [0.1, 0.15) is 24.2 Å². The molecule has 0 spiro atoms. The minimum absolute atomic E-state index is 0.00332. The van der Waals surface area contributed by atoms with Crippen LogP contribution in [0.2, 0.25) is 5.02 Å². The van der Waals surface area contributed by atoms with Crippen molar-refractivity contribution in [1.82, 2.24) is 10.3 Å². The van der Waals surface area contributed by atoms with E-state index < -0.39 is 5.91 Å². The summed E-state index contributed by atoms with van der Waals surface area (Å²) in [6.07, 6.45) is 1.45. The Kier molecular flexibility index (Phi) is 5.91. The second kappa shape index (κ2) is 7.91. The largest absolute Gasteiger partial charge is 0.345 e. The van der Waals surface area contributed by atoms with Crippen molar-refractivity contribution in [1.29, 1.82) is 5.26 Å². The number of carbonyl (C=O) groups is 1. The van der Waals surface area contributed by atoms with E-state index in [-0.39, 0.29) is 11.6 Å². The molecule has 1 aromatic carbocycles. The van der Waals surface area contributed by atoms with Crippen LogP contribution < -0.4 is 5.32 Å². The lowest BCUT2D eigenvalue weighted by Crippen LogP contribution is -2.27. The van der Waals surface area contributed by atoms with Gasteiger partial charge in [0.25, 0.3) is 5.91 Å². The third kappa shape index (κ3) is 4.92. The number of nitriles is 1. The summed E-state index contributed by atoms with van der Waals surface area (Å²) in [6, 6.07) is 14.1. The Labute approximate surface area is 147 Å². The van der Waals surface area contributed by atoms with E-state index in [9.17, 15) is 10.1 Å². The molecule has 23 heavy (non-hydrogen) atoms. The number of nitrogens with one attached hydrogen (secondary N) is 1. The van der Waals surface area contributed by atoms with E-state index in [1.807, 2.05) is 25.1 Å². The standard InChI is InChI=1S/C17H13BrClN3O/c1-11(12-5-7-14(19)8-6-12)21-17(23)13(10-20)9-15-3-2-4-16(18)22-15/h2-9,11H,1H3,(H,21,23)/b13-9+/t11-/m0/s1. The lowest BCUT2D eigenvalue weighted by Gasteiger charge is -2.14. The number of aromatic nitrogens is 1. The van der Waals surface area contributed by atoms with E-state index in [2.05, 4.69) is 26.2 Å². The summed E-state index contributed by atoms with van der Waals surface area (Å²) in [6.45, 7) is 1.84. The van der Waals surface area contributed by atoms with E-state index in [4.69, 9.17) is 11.6 Å². The van der Waals surface area contributed by atoms with Gasteiger partial charge in [-0.2, -0.15) is 5.26 Å². The Hall–Kier alpha value is -2.16. The molecule has 6 heteroatoms. The zero-order valence-corrected chi connectivity index (χ0v) is 14.6. The summed E-state index contributed by atoms with van der Waals surface area (Å²) < 4.78 is 0.637. The van der Waals surface area contributed by atoms with Gasteiger partial charge < -0.3 is 5.32 Å². The number of halogens is 2. The predicted molar refractivity (Wildman–Crippen MR) is 93.5 cm³/mol. The van der Waals surface area contributed by atoms with Crippen molar-refractivity contribution in [3.8, 4) is 6.07 Å². The van der Waals surface area contributed by atoms with Crippen LogP contribution in [0.4, 0.5) is 0 Å². The third-order valence-electron chi connectivity index (χ3n) is 3.11. The molecule has 2 aromatic rings. The van der Waals surface area contributed by atoms with Crippen LogP contribution in [0, 0.1) is 11.3 Å². The minimum atomic E-state index is -0.447. The first-order valence-corrected chi connectivity index (χ1v) is 7.97. The smallest absolute Gasteiger partial charge is 0.262 e. The van der Waals surface area contributed by atoms with E-state index in [0.29, 0.717) is 15.3 Å². The Bertz CT molecular complexity index is 781. The molecule has 1 N–H and O–H groups in total. The van der Waals surface area contributed by atoms with E-state index in [0.717, 1.165) is 5.56 Å². The van der Waals surface area contributed by atoms with Crippen LogP contribution in [0.15, 0.2) is 52.6 Å². The number of amides is 1. The van der Waals surface area contributed by atoms with Crippen molar-refractivity contribution in [3.05, 3.63) is 68.9 Å². The molecule has 2 rings (SSSR count). The number of benzene rings is 1. The normalized spacial score (nSPS) is 12.3. The molecule has 0 aliphatic carbocycles.